The molecule has 0 saturated carbocycles. The highest BCUT2D eigenvalue weighted by Gasteiger charge is 2.34. The standard InChI is InChI=1S/C8H14N2O4/c1-3-8(2,4-5(11)12)6(13)10-7(9)14/h3-4H2,1-2H3,(H,11,12)(H3,9,10,13,14). The number of amides is 3. The number of hydrogen-bond donors (Lipinski definition) is 3. The maximum absolute atomic E-state index is 11.4. The number of nitrogens with one attached hydrogen (secondary N) is 1. The van der Waals surface area contributed by atoms with E-state index in [9.17, 15) is 14.4 Å². The Labute approximate surface area is 81.5 Å². The Bertz CT molecular complexity index is 264. The molecule has 14 heavy (non-hydrogen) atoms. The molecule has 1 unspecified atom stereocenters. The Kier molecular flexibility index (Phi) is 4.07. The van der Waals surface area contributed by atoms with Crippen molar-refractivity contribution in [3.8, 4) is 0 Å². The Hall–Kier alpha value is -1.59. The number of aliphatic carboxylic acids is 1. The zero-order valence-corrected chi connectivity index (χ0v) is 8.16. The minimum Gasteiger partial charge on any atom is -0.481 e. The van der Waals surface area contributed by atoms with Gasteiger partial charge >= 0.3 is 12.0 Å². The smallest absolute Gasteiger partial charge is 0.318 e. The second-order valence-electron chi connectivity index (χ2n) is 3.30. The van der Waals surface area contributed by atoms with Crippen LogP contribution in [0.3, 0.4) is 0 Å². The van der Waals surface area contributed by atoms with Crippen LogP contribution in [-0.4, -0.2) is 23.0 Å². The van der Waals surface area contributed by atoms with Crippen LogP contribution in [0.4, 0.5) is 4.79 Å². The third-order valence-electron chi connectivity index (χ3n) is 2.11. The molecule has 80 valence electrons. The lowest BCUT2D eigenvalue weighted by Gasteiger charge is -2.23. The number of carboxylic acids is 1. The molecule has 0 aliphatic heterocycles. The van der Waals surface area contributed by atoms with Crippen molar-refractivity contribution in [1.29, 1.82) is 0 Å². The lowest BCUT2D eigenvalue weighted by atomic mass is 9.83. The molecule has 0 saturated heterocycles. The van der Waals surface area contributed by atoms with E-state index in [4.69, 9.17) is 10.8 Å². The van der Waals surface area contributed by atoms with Crippen LogP contribution in [0.15, 0.2) is 0 Å². The van der Waals surface area contributed by atoms with Crippen LogP contribution < -0.4 is 11.1 Å². The van der Waals surface area contributed by atoms with E-state index in [1.54, 1.807) is 6.92 Å². The monoisotopic (exact) mass is 202 g/mol. The summed E-state index contributed by atoms with van der Waals surface area (Å²) in [5.41, 5.74) is 3.66. The van der Waals surface area contributed by atoms with Crippen LogP contribution in [0.5, 0.6) is 0 Å². The summed E-state index contributed by atoms with van der Waals surface area (Å²) in [5.74, 6) is -1.75. The number of carbonyl (C=O) groups excluding carboxylic acids is 2. The fourth-order valence-corrected chi connectivity index (χ4v) is 0.962. The number of imide groups is 1. The average molecular weight is 202 g/mol. The molecule has 0 aromatic carbocycles. The van der Waals surface area contributed by atoms with Gasteiger partial charge in [-0.3, -0.25) is 14.9 Å². The van der Waals surface area contributed by atoms with Crippen LogP contribution in [0, 0.1) is 5.41 Å². The summed E-state index contributed by atoms with van der Waals surface area (Å²) in [7, 11) is 0. The van der Waals surface area contributed by atoms with Gasteiger partial charge in [0.05, 0.1) is 11.8 Å². The highest BCUT2D eigenvalue weighted by molar-refractivity contribution is 5.97. The van der Waals surface area contributed by atoms with Crippen molar-refractivity contribution in [2.24, 2.45) is 11.1 Å². The minimum atomic E-state index is -1.10. The first kappa shape index (κ1) is 12.4. The fraction of sp³-hybridized carbons (Fsp3) is 0.625. The molecule has 0 radical (unpaired) electrons. The summed E-state index contributed by atoms with van der Waals surface area (Å²) >= 11 is 0. The molecule has 6 heteroatoms. The summed E-state index contributed by atoms with van der Waals surface area (Å²) in [5, 5.41) is 10.4. The molecule has 0 aromatic rings. The molecule has 0 aromatic heterocycles. The largest absolute Gasteiger partial charge is 0.481 e. The van der Waals surface area contributed by atoms with Crippen molar-refractivity contribution in [3.05, 3.63) is 0 Å². The molecule has 0 spiro atoms. The molecule has 0 rings (SSSR count). The van der Waals surface area contributed by atoms with Gasteiger partial charge in [-0.05, 0) is 6.42 Å². The first-order chi connectivity index (χ1) is 6.31. The molecule has 0 fully saturated rings. The van der Waals surface area contributed by atoms with Crippen LogP contribution in [0.2, 0.25) is 0 Å². The topological polar surface area (TPSA) is 109 Å². The minimum absolute atomic E-state index is 0.318. The van der Waals surface area contributed by atoms with Crippen LogP contribution in [0.1, 0.15) is 26.7 Å². The van der Waals surface area contributed by atoms with E-state index < -0.39 is 23.3 Å². The van der Waals surface area contributed by atoms with Gasteiger partial charge in [-0.1, -0.05) is 13.8 Å². The van der Waals surface area contributed by atoms with Crippen molar-refractivity contribution in [3.63, 3.8) is 0 Å². The van der Waals surface area contributed by atoms with Crippen LogP contribution >= 0.6 is 0 Å². The first-order valence-electron chi connectivity index (χ1n) is 4.14. The van der Waals surface area contributed by atoms with Crippen molar-refractivity contribution < 1.29 is 19.5 Å². The van der Waals surface area contributed by atoms with Gasteiger partial charge in [0.25, 0.3) is 0 Å². The van der Waals surface area contributed by atoms with Gasteiger partial charge < -0.3 is 10.8 Å². The van der Waals surface area contributed by atoms with Crippen molar-refractivity contribution in [2.45, 2.75) is 26.7 Å². The number of carboxylic acid groups (broad SMARTS) is 1. The lowest BCUT2D eigenvalue weighted by molar-refractivity contribution is -0.144. The summed E-state index contributed by atoms with van der Waals surface area (Å²) in [6.45, 7) is 3.14. The number of carbonyl (C=O) groups is 3. The molecule has 3 amide bonds. The Morgan fingerprint density at radius 2 is 1.93 bits per heavy atom. The van der Waals surface area contributed by atoms with Gasteiger partial charge in [-0.25, -0.2) is 4.79 Å². The van der Waals surface area contributed by atoms with Crippen LogP contribution in [-0.2, 0) is 9.59 Å². The van der Waals surface area contributed by atoms with E-state index in [1.165, 1.54) is 6.92 Å². The first-order valence-corrected chi connectivity index (χ1v) is 4.14. The van der Waals surface area contributed by atoms with E-state index >= 15 is 0 Å². The molecule has 4 N–H and O–H groups in total. The van der Waals surface area contributed by atoms with E-state index in [0.29, 0.717) is 6.42 Å². The Balaban J connectivity index is 4.58. The number of urea groups is 1. The molecular formula is C8H14N2O4. The molecule has 0 aliphatic carbocycles. The molecule has 0 aliphatic rings. The third kappa shape index (κ3) is 3.42. The Morgan fingerprint density at radius 1 is 1.43 bits per heavy atom. The number of rotatable bonds is 4. The Morgan fingerprint density at radius 3 is 2.21 bits per heavy atom. The number of nitrogens with two attached hydrogens (primary N) is 1. The SMILES string of the molecule is CCC(C)(CC(=O)O)C(=O)NC(N)=O. The second-order valence-corrected chi connectivity index (χ2v) is 3.30. The summed E-state index contributed by atoms with van der Waals surface area (Å²) in [6, 6.07) is -0.972. The zero-order valence-electron chi connectivity index (χ0n) is 8.16. The van der Waals surface area contributed by atoms with Gasteiger partial charge in [-0.15, -0.1) is 0 Å². The summed E-state index contributed by atoms with van der Waals surface area (Å²) in [4.78, 5) is 32.2. The second kappa shape index (κ2) is 4.59. The lowest BCUT2D eigenvalue weighted by Crippen LogP contribution is -2.45. The van der Waals surface area contributed by atoms with Gasteiger partial charge in [-0.2, -0.15) is 0 Å². The molecule has 1 atom stereocenters. The summed E-state index contributed by atoms with van der Waals surface area (Å²) in [6.07, 6.45) is -0.0129. The quantitative estimate of drug-likeness (QED) is 0.599. The molecular weight excluding hydrogens is 188 g/mol. The van der Waals surface area contributed by atoms with E-state index in [1.807, 2.05) is 5.32 Å². The maximum atomic E-state index is 11.4. The van der Waals surface area contributed by atoms with Crippen molar-refractivity contribution in [2.75, 3.05) is 0 Å². The van der Waals surface area contributed by atoms with Gasteiger partial charge in [0.2, 0.25) is 5.91 Å². The third-order valence-corrected chi connectivity index (χ3v) is 2.11. The predicted octanol–water partition coefficient (Wildman–Crippen LogP) is 0.0723. The highest BCUT2D eigenvalue weighted by atomic mass is 16.4. The average Bonchev–Trinajstić information content (AvgIpc) is 2.01. The molecule has 0 bridgehead atoms. The summed E-state index contributed by atoms with van der Waals surface area (Å²) < 4.78 is 0. The number of primary amides is 1. The van der Waals surface area contributed by atoms with Crippen molar-refractivity contribution in [1.82, 2.24) is 5.32 Å². The molecule has 6 nitrogen and oxygen atoms in total. The van der Waals surface area contributed by atoms with E-state index in [-0.39, 0.29) is 6.42 Å². The van der Waals surface area contributed by atoms with Crippen molar-refractivity contribution >= 4 is 17.9 Å². The van der Waals surface area contributed by atoms with E-state index in [2.05, 4.69) is 0 Å². The maximum Gasteiger partial charge on any atom is 0.318 e. The fourth-order valence-electron chi connectivity index (χ4n) is 0.962. The zero-order chi connectivity index (χ0) is 11.4. The highest BCUT2D eigenvalue weighted by Crippen LogP contribution is 2.25. The van der Waals surface area contributed by atoms with E-state index in [0.717, 1.165) is 0 Å². The number of hydrogen-bond acceptors (Lipinski definition) is 3. The van der Waals surface area contributed by atoms with Gasteiger partial charge in [0.1, 0.15) is 0 Å². The van der Waals surface area contributed by atoms with Crippen LogP contribution in [0.25, 0.3) is 0 Å². The normalized spacial score (nSPS) is 14.1. The van der Waals surface area contributed by atoms with Gasteiger partial charge in [0, 0.05) is 0 Å². The van der Waals surface area contributed by atoms with Gasteiger partial charge in [0.15, 0.2) is 0 Å². The predicted molar refractivity (Wildman–Crippen MR) is 48.4 cm³/mol. The molecule has 0 heterocycles.